The molecule has 0 saturated carbocycles. The van der Waals surface area contributed by atoms with Gasteiger partial charge in [-0.1, -0.05) is 18.2 Å². The standard InChI is InChI=1S/C17H20N4O3/c1-2-24-17(23)20-12-10-19(11-13-20)16(22)15-8-9-21(18-15)14-6-4-3-5-7-14/h3-9H,2,10-13H2,1H3. The molecular weight excluding hydrogens is 308 g/mol. The van der Waals surface area contributed by atoms with Crippen LogP contribution in [0.2, 0.25) is 0 Å². The fourth-order valence-electron chi connectivity index (χ4n) is 2.63. The zero-order chi connectivity index (χ0) is 16.9. The van der Waals surface area contributed by atoms with Crippen LogP contribution in [0.15, 0.2) is 42.6 Å². The maximum atomic E-state index is 12.6. The van der Waals surface area contributed by atoms with Gasteiger partial charge in [-0.3, -0.25) is 4.79 Å². The highest BCUT2D eigenvalue weighted by Gasteiger charge is 2.26. The van der Waals surface area contributed by atoms with Crippen LogP contribution in [0.4, 0.5) is 4.79 Å². The van der Waals surface area contributed by atoms with Crippen LogP contribution in [0.5, 0.6) is 0 Å². The summed E-state index contributed by atoms with van der Waals surface area (Å²) in [6, 6.07) is 11.4. The smallest absolute Gasteiger partial charge is 0.409 e. The van der Waals surface area contributed by atoms with Crippen molar-refractivity contribution in [2.75, 3.05) is 32.8 Å². The topological polar surface area (TPSA) is 67.7 Å². The lowest BCUT2D eigenvalue weighted by Gasteiger charge is -2.33. The molecule has 0 N–H and O–H groups in total. The average molecular weight is 328 g/mol. The Labute approximate surface area is 140 Å². The van der Waals surface area contributed by atoms with Gasteiger partial charge in [0.25, 0.3) is 5.91 Å². The molecule has 0 aliphatic carbocycles. The van der Waals surface area contributed by atoms with Gasteiger partial charge in [0.05, 0.1) is 12.3 Å². The maximum absolute atomic E-state index is 12.6. The largest absolute Gasteiger partial charge is 0.450 e. The second-order valence-corrected chi connectivity index (χ2v) is 5.46. The third kappa shape index (κ3) is 3.40. The molecule has 1 aromatic carbocycles. The van der Waals surface area contributed by atoms with Crippen molar-refractivity contribution in [3.8, 4) is 5.69 Å². The zero-order valence-corrected chi connectivity index (χ0v) is 13.6. The van der Waals surface area contributed by atoms with Gasteiger partial charge in [0.15, 0.2) is 5.69 Å². The second-order valence-electron chi connectivity index (χ2n) is 5.46. The molecule has 1 aliphatic rings. The molecule has 2 aromatic rings. The quantitative estimate of drug-likeness (QED) is 0.861. The highest BCUT2D eigenvalue weighted by Crippen LogP contribution is 2.11. The van der Waals surface area contributed by atoms with E-state index >= 15 is 0 Å². The summed E-state index contributed by atoms with van der Waals surface area (Å²) in [5.41, 5.74) is 1.31. The minimum atomic E-state index is -0.321. The monoisotopic (exact) mass is 328 g/mol. The van der Waals surface area contributed by atoms with Crippen LogP contribution in [0.3, 0.4) is 0 Å². The van der Waals surface area contributed by atoms with Crippen molar-refractivity contribution in [2.24, 2.45) is 0 Å². The molecule has 0 spiro atoms. The summed E-state index contributed by atoms with van der Waals surface area (Å²) in [5, 5.41) is 4.36. The van der Waals surface area contributed by atoms with Crippen molar-refractivity contribution < 1.29 is 14.3 Å². The van der Waals surface area contributed by atoms with Gasteiger partial charge in [-0.25, -0.2) is 9.48 Å². The second kappa shape index (κ2) is 7.16. The van der Waals surface area contributed by atoms with E-state index in [0.29, 0.717) is 38.5 Å². The number of nitrogens with zero attached hydrogens (tertiary/aromatic N) is 4. The summed E-state index contributed by atoms with van der Waals surface area (Å²) in [4.78, 5) is 27.6. The van der Waals surface area contributed by atoms with Crippen molar-refractivity contribution in [3.63, 3.8) is 0 Å². The third-order valence-electron chi connectivity index (χ3n) is 3.92. The molecule has 0 bridgehead atoms. The molecule has 2 heterocycles. The molecule has 24 heavy (non-hydrogen) atoms. The number of piperazine rings is 1. The first-order chi connectivity index (χ1) is 11.7. The van der Waals surface area contributed by atoms with Crippen molar-refractivity contribution in [1.29, 1.82) is 0 Å². The number of ether oxygens (including phenoxy) is 1. The summed E-state index contributed by atoms with van der Waals surface area (Å²) in [7, 11) is 0. The van der Waals surface area contributed by atoms with E-state index in [0.717, 1.165) is 5.69 Å². The highest BCUT2D eigenvalue weighted by atomic mass is 16.6. The van der Waals surface area contributed by atoms with E-state index in [1.54, 1.807) is 33.7 Å². The molecule has 1 aliphatic heterocycles. The molecule has 0 radical (unpaired) electrons. The first-order valence-electron chi connectivity index (χ1n) is 8.01. The Kier molecular flexibility index (Phi) is 4.79. The number of para-hydroxylation sites is 1. The lowest BCUT2D eigenvalue weighted by molar-refractivity contribution is 0.0565. The molecule has 7 nitrogen and oxygen atoms in total. The Morgan fingerprint density at radius 3 is 2.38 bits per heavy atom. The van der Waals surface area contributed by atoms with Crippen LogP contribution < -0.4 is 0 Å². The molecule has 2 amide bonds. The molecule has 1 fully saturated rings. The van der Waals surface area contributed by atoms with Crippen molar-refractivity contribution in [2.45, 2.75) is 6.92 Å². The van der Waals surface area contributed by atoms with Gasteiger partial charge in [0.2, 0.25) is 0 Å². The number of hydrogen-bond acceptors (Lipinski definition) is 4. The summed E-state index contributed by atoms with van der Waals surface area (Å²) < 4.78 is 6.66. The molecule has 7 heteroatoms. The first kappa shape index (κ1) is 16.0. The Balaban J connectivity index is 1.62. The number of amides is 2. The Bertz CT molecular complexity index is 706. The highest BCUT2D eigenvalue weighted by molar-refractivity contribution is 5.92. The lowest BCUT2D eigenvalue weighted by Crippen LogP contribution is -2.50. The lowest BCUT2D eigenvalue weighted by atomic mass is 10.3. The van der Waals surface area contributed by atoms with Crippen molar-refractivity contribution in [1.82, 2.24) is 19.6 Å². The number of carbonyl (C=O) groups is 2. The van der Waals surface area contributed by atoms with E-state index in [1.807, 2.05) is 30.3 Å². The van der Waals surface area contributed by atoms with E-state index in [4.69, 9.17) is 4.74 Å². The molecule has 3 rings (SSSR count). The van der Waals surface area contributed by atoms with Crippen LogP contribution in [0.1, 0.15) is 17.4 Å². The molecule has 1 aromatic heterocycles. The third-order valence-corrected chi connectivity index (χ3v) is 3.92. The van der Waals surface area contributed by atoms with E-state index in [9.17, 15) is 9.59 Å². The maximum Gasteiger partial charge on any atom is 0.409 e. The minimum Gasteiger partial charge on any atom is -0.450 e. The summed E-state index contributed by atoms with van der Waals surface area (Å²) in [5.74, 6) is -0.117. The summed E-state index contributed by atoms with van der Waals surface area (Å²) in [6.07, 6.45) is 1.45. The Morgan fingerprint density at radius 1 is 1.04 bits per heavy atom. The minimum absolute atomic E-state index is 0.117. The zero-order valence-electron chi connectivity index (χ0n) is 13.6. The predicted octanol–water partition coefficient (Wildman–Crippen LogP) is 1.79. The van der Waals surface area contributed by atoms with Gasteiger partial charge in [-0.2, -0.15) is 5.10 Å². The van der Waals surface area contributed by atoms with Crippen molar-refractivity contribution >= 4 is 12.0 Å². The van der Waals surface area contributed by atoms with Gasteiger partial charge >= 0.3 is 6.09 Å². The number of rotatable bonds is 3. The van der Waals surface area contributed by atoms with E-state index in [2.05, 4.69) is 5.10 Å². The average Bonchev–Trinajstić information content (AvgIpc) is 3.12. The normalized spacial score (nSPS) is 14.5. The van der Waals surface area contributed by atoms with E-state index in [-0.39, 0.29) is 12.0 Å². The van der Waals surface area contributed by atoms with Gasteiger partial charge in [-0.15, -0.1) is 0 Å². The fraction of sp³-hybridized carbons (Fsp3) is 0.353. The van der Waals surface area contributed by atoms with E-state index < -0.39 is 0 Å². The molecule has 1 saturated heterocycles. The van der Waals surface area contributed by atoms with Crippen LogP contribution in [0, 0.1) is 0 Å². The van der Waals surface area contributed by atoms with Crippen LogP contribution in [-0.2, 0) is 4.74 Å². The van der Waals surface area contributed by atoms with Crippen LogP contribution >= 0.6 is 0 Å². The summed E-state index contributed by atoms with van der Waals surface area (Å²) in [6.45, 7) is 4.05. The first-order valence-corrected chi connectivity index (χ1v) is 8.01. The fourth-order valence-corrected chi connectivity index (χ4v) is 2.63. The Morgan fingerprint density at radius 2 is 1.71 bits per heavy atom. The van der Waals surface area contributed by atoms with Gasteiger partial charge in [0.1, 0.15) is 0 Å². The van der Waals surface area contributed by atoms with Gasteiger partial charge < -0.3 is 14.5 Å². The molecular formula is C17H20N4O3. The van der Waals surface area contributed by atoms with Crippen molar-refractivity contribution in [3.05, 3.63) is 48.3 Å². The van der Waals surface area contributed by atoms with Gasteiger partial charge in [0, 0.05) is 32.4 Å². The number of benzene rings is 1. The molecule has 0 unspecified atom stereocenters. The molecule has 0 atom stereocenters. The van der Waals surface area contributed by atoms with Crippen LogP contribution in [0.25, 0.3) is 5.69 Å². The number of carbonyl (C=O) groups excluding carboxylic acids is 2. The van der Waals surface area contributed by atoms with E-state index in [1.165, 1.54) is 0 Å². The summed E-state index contributed by atoms with van der Waals surface area (Å²) >= 11 is 0. The SMILES string of the molecule is CCOC(=O)N1CCN(C(=O)c2ccn(-c3ccccc3)n2)CC1. The number of hydrogen-bond donors (Lipinski definition) is 0. The predicted molar refractivity (Wildman–Crippen MR) is 88.1 cm³/mol. The number of aromatic nitrogens is 2. The van der Waals surface area contributed by atoms with Crippen LogP contribution in [-0.4, -0.2) is 64.4 Å². The Hall–Kier alpha value is -2.83. The molecule has 126 valence electrons. The van der Waals surface area contributed by atoms with Gasteiger partial charge in [-0.05, 0) is 25.1 Å².